The van der Waals surface area contributed by atoms with Crippen LogP contribution >= 0.6 is 45.3 Å². The van der Waals surface area contributed by atoms with Crippen LogP contribution in [0.15, 0.2) is 106 Å². The van der Waals surface area contributed by atoms with Gasteiger partial charge in [0.25, 0.3) is 0 Å². The molecule has 0 fully saturated rings. The number of benzene rings is 2. The van der Waals surface area contributed by atoms with Crippen molar-refractivity contribution in [2.24, 2.45) is 9.98 Å². The molecule has 0 unspecified atom stereocenters. The summed E-state index contributed by atoms with van der Waals surface area (Å²) in [7, 11) is 0. The van der Waals surface area contributed by atoms with Crippen LogP contribution < -0.4 is 0 Å². The number of hydrogen-bond donors (Lipinski definition) is 2. The van der Waals surface area contributed by atoms with Crippen molar-refractivity contribution < 1.29 is 47.0 Å². The van der Waals surface area contributed by atoms with Gasteiger partial charge in [-0.25, -0.2) is 0 Å². The van der Waals surface area contributed by atoms with Crippen LogP contribution in [0.4, 0.5) is 0 Å². The van der Waals surface area contributed by atoms with E-state index in [2.05, 4.69) is 69.3 Å². The first-order valence-electron chi connectivity index (χ1n) is 14.7. The standard InChI is InChI=1S/C36H32N2O4S4.Cd/c39-29-7-5-25(31-9-11-35(45-31)33-3-1-19-43-33)21-27(29)23-37-13-15-41-17-18-42-16-14-38-24-28-22-26(6-8-30(28)40)32-10-12-36(46-32)34-4-2-20-44-34;/h1-12,19-24,39-40H,13-18H2;. The Morgan fingerprint density at radius 1 is 0.532 bits per heavy atom. The Hall–Kier alpha value is -2.98. The number of thiophene rings is 4. The third-order valence-electron chi connectivity index (χ3n) is 6.93. The van der Waals surface area contributed by atoms with Gasteiger partial charge in [-0.05, 0) is 94.7 Å². The monoisotopic (exact) mass is 798 g/mol. The predicted molar refractivity (Wildman–Crippen MR) is 196 cm³/mol. The number of rotatable bonds is 15. The molecule has 0 spiro atoms. The van der Waals surface area contributed by atoms with E-state index in [1.807, 2.05) is 24.3 Å². The average molecular weight is 797 g/mol. The molecule has 6 rings (SSSR count). The third-order valence-corrected chi connectivity index (χ3v) is 11.3. The Kier molecular flexibility index (Phi) is 13.5. The van der Waals surface area contributed by atoms with Crippen molar-refractivity contribution in [2.75, 3.05) is 39.5 Å². The van der Waals surface area contributed by atoms with Gasteiger partial charge in [0.2, 0.25) is 0 Å². The molecule has 0 bridgehead atoms. The van der Waals surface area contributed by atoms with E-state index in [9.17, 15) is 10.2 Å². The van der Waals surface area contributed by atoms with E-state index in [-0.39, 0.29) is 38.8 Å². The number of nitrogens with zero attached hydrogens (tertiary/aromatic N) is 2. The van der Waals surface area contributed by atoms with Crippen LogP contribution in [0.5, 0.6) is 11.5 Å². The maximum absolute atomic E-state index is 10.3. The number of phenols is 2. The molecule has 0 amide bonds. The van der Waals surface area contributed by atoms with Gasteiger partial charge in [-0.1, -0.05) is 12.1 Å². The average Bonchev–Trinajstić information content (AvgIpc) is 3.90. The van der Waals surface area contributed by atoms with Crippen molar-refractivity contribution in [3.8, 4) is 51.9 Å². The van der Waals surface area contributed by atoms with Gasteiger partial charge in [-0.2, -0.15) is 0 Å². The van der Waals surface area contributed by atoms with Crippen LogP contribution in [-0.2, 0) is 36.8 Å². The second-order valence-electron chi connectivity index (χ2n) is 10.1. The van der Waals surface area contributed by atoms with E-state index in [4.69, 9.17) is 9.47 Å². The van der Waals surface area contributed by atoms with Crippen LogP contribution in [0.1, 0.15) is 11.1 Å². The zero-order chi connectivity index (χ0) is 31.6. The van der Waals surface area contributed by atoms with Crippen molar-refractivity contribution >= 4 is 57.8 Å². The summed E-state index contributed by atoms with van der Waals surface area (Å²) < 4.78 is 11.3. The third kappa shape index (κ3) is 9.78. The number of ether oxygens (including phenoxy) is 2. The van der Waals surface area contributed by atoms with Gasteiger partial charge >= 0.3 is 0 Å². The van der Waals surface area contributed by atoms with Gasteiger partial charge in [-0.15, -0.1) is 45.3 Å². The number of phenolic OH excluding ortho intramolecular Hbond substituents is 2. The number of hydrogen-bond acceptors (Lipinski definition) is 10. The molecule has 0 aliphatic carbocycles. The molecule has 0 saturated heterocycles. The van der Waals surface area contributed by atoms with E-state index in [1.54, 1.807) is 69.9 Å². The van der Waals surface area contributed by atoms with Crippen molar-refractivity contribution in [3.05, 3.63) is 107 Å². The summed E-state index contributed by atoms with van der Waals surface area (Å²) in [5, 5.41) is 24.8. The molecule has 6 nitrogen and oxygen atoms in total. The van der Waals surface area contributed by atoms with Gasteiger partial charge in [-0.3, -0.25) is 9.98 Å². The SMILES string of the molecule is Oc1ccc(-c2ccc(-c3cccs3)s2)cc1C=NCCOCCOCCN=Cc1cc(-c2ccc(-c3cccs3)s2)ccc1O.[Cd]. The fourth-order valence-electron chi connectivity index (χ4n) is 4.59. The van der Waals surface area contributed by atoms with E-state index in [1.165, 1.54) is 19.5 Å². The minimum atomic E-state index is 0. The second kappa shape index (κ2) is 18.0. The molecule has 0 aliphatic rings. The molecule has 6 aromatic rings. The summed E-state index contributed by atoms with van der Waals surface area (Å²) in [5.74, 6) is 0.404. The van der Waals surface area contributed by atoms with Gasteiger partial charge in [0.05, 0.1) is 39.5 Å². The predicted octanol–water partition coefficient (Wildman–Crippen LogP) is 9.58. The second-order valence-corrected chi connectivity index (χ2v) is 14.2. The van der Waals surface area contributed by atoms with Gasteiger partial charge in [0.1, 0.15) is 11.5 Å². The molecule has 2 N–H and O–H groups in total. The van der Waals surface area contributed by atoms with Crippen molar-refractivity contribution in [1.82, 2.24) is 0 Å². The summed E-state index contributed by atoms with van der Waals surface area (Å²) in [4.78, 5) is 16.2. The summed E-state index contributed by atoms with van der Waals surface area (Å²) in [6.07, 6.45) is 3.39. The first-order chi connectivity index (χ1) is 22.6. The molecule has 0 saturated carbocycles. The van der Waals surface area contributed by atoms with Crippen LogP contribution in [0, 0.1) is 0 Å². The quantitative estimate of drug-likeness (QED) is 0.0617. The zero-order valence-electron chi connectivity index (χ0n) is 25.6. The molecular formula is C36H32CdN2O4S4. The largest absolute Gasteiger partial charge is 0.507 e. The van der Waals surface area contributed by atoms with E-state index in [0.717, 1.165) is 20.9 Å². The Labute approximate surface area is 310 Å². The number of aromatic hydroxyl groups is 2. The van der Waals surface area contributed by atoms with Gasteiger partial charge in [0, 0.05) is 80.1 Å². The molecule has 2 aromatic carbocycles. The molecule has 0 aliphatic heterocycles. The smallest absolute Gasteiger partial charge is 0.124 e. The Bertz CT molecular complexity index is 1760. The topological polar surface area (TPSA) is 83.6 Å². The molecule has 0 atom stereocenters. The molecule has 47 heavy (non-hydrogen) atoms. The molecule has 0 radical (unpaired) electrons. The molecule has 11 heteroatoms. The maximum Gasteiger partial charge on any atom is 0.124 e. The minimum Gasteiger partial charge on any atom is -0.507 e. The maximum atomic E-state index is 10.3. The fraction of sp³-hybridized carbons (Fsp3) is 0.167. The Balaban J connectivity index is 0.00000433. The summed E-state index contributed by atoms with van der Waals surface area (Å²) in [5.41, 5.74) is 3.47. The summed E-state index contributed by atoms with van der Waals surface area (Å²) in [6.45, 7) is 2.81. The van der Waals surface area contributed by atoms with E-state index in [0.29, 0.717) is 50.6 Å². The van der Waals surface area contributed by atoms with E-state index >= 15 is 0 Å². The summed E-state index contributed by atoms with van der Waals surface area (Å²) in [6, 6.07) is 28.1. The van der Waals surface area contributed by atoms with Crippen molar-refractivity contribution in [1.29, 1.82) is 0 Å². The molecular weight excluding hydrogens is 765 g/mol. The van der Waals surface area contributed by atoms with Gasteiger partial charge < -0.3 is 19.7 Å². The summed E-state index contributed by atoms with van der Waals surface area (Å²) >= 11 is 6.94. The first-order valence-corrected chi connectivity index (χ1v) is 18.1. The van der Waals surface area contributed by atoms with E-state index < -0.39 is 0 Å². The normalized spacial score (nSPS) is 11.5. The van der Waals surface area contributed by atoms with Gasteiger partial charge in [0.15, 0.2) is 0 Å². The number of aliphatic imine (C=N–C) groups is 2. The molecule has 4 heterocycles. The van der Waals surface area contributed by atoms with Crippen LogP contribution in [-0.4, -0.2) is 62.2 Å². The Morgan fingerprint density at radius 2 is 0.979 bits per heavy atom. The van der Waals surface area contributed by atoms with Crippen molar-refractivity contribution in [3.63, 3.8) is 0 Å². The Morgan fingerprint density at radius 3 is 1.40 bits per heavy atom. The zero-order valence-corrected chi connectivity index (χ0v) is 32.9. The minimum absolute atomic E-state index is 0. The fourth-order valence-corrected chi connectivity index (χ4v) is 8.27. The van der Waals surface area contributed by atoms with Crippen LogP contribution in [0.2, 0.25) is 0 Å². The van der Waals surface area contributed by atoms with Crippen LogP contribution in [0.3, 0.4) is 0 Å². The molecule has 4 aromatic heterocycles. The molecule has 236 valence electrons. The van der Waals surface area contributed by atoms with Crippen molar-refractivity contribution in [2.45, 2.75) is 0 Å². The first kappa shape index (κ1) is 35.3. The van der Waals surface area contributed by atoms with Crippen LogP contribution in [0.25, 0.3) is 40.4 Å².